The Morgan fingerprint density at radius 3 is 2.60 bits per heavy atom. The van der Waals surface area contributed by atoms with Crippen LogP contribution in [0.1, 0.15) is 59.8 Å². The first-order chi connectivity index (χ1) is 11.6. The molecular formula is C21H30O4. The lowest BCUT2D eigenvalue weighted by Crippen LogP contribution is -2.54. The number of rotatable bonds is 1. The number of methoxy groups -OCH3 is 1. The number of hydrogen-bond acceptors (Lipinski definition) is 4. The number of aliphatic hydroxyl groups excluding tert-OH is 1. The molecule has 0 bridgehead atoms. The quantitative estimate of drug-likeness (QED) is 0.582. The summed E-state index contributed by atoms with van der Waals surface area (Å²) in [4.78, 5) is 24.7. The molecule has 0 aliphatic heterocycles. The van der Waals surface area contributed by atoms with Gasteiger partial charge < -0.3 is 9.84 Å². The summed E-state index contributed by atoms with van der Waals surface area (Å²) in [5, 5.41) is 10.5. The third kappa shape index (κ3) is 2.69. The fourth-order valence-electron chi connectivity index (χ4n) is 5.66. The van der Waals surface area contributed by atoms with Crippen LogP contribution in [0.25, 0.3) is 0 Å². The molecule has 0 amide bonds. The van der Waals surface area contributed by atoms with Gasteiger partial charge in [0.15, 0.2) is 5.78 Å². The van der Waals surface area contributed by atoms with Crippen LogP contribution in [0.5, 0.6) is 0 Å². The second-order valence-electron chi connectivity index (χ2n) is 8.83. The molecule has 1 saturated carbocycles. The van der Waals surface area contributed by atoms with Crippen molar-refractivity contribution in [2.24, 2.45) is 22.7 Å². The number of esters is 1. The first-order valence-corrected chi connectivity index (χ1v) is 9.36. The van der Waals surface area contributed by atoms with Crippen molar-refractivity contribution in [2.75, 3.05) is 7.11 Å². The van der Waals surface area contributed by atoms with Crippen LogP contribution in [0.2, 0.25) is 0 Å². The molecule has 0 spiro atoms. The zero-order valence-electron chi connectivity index (χ0n) is 16.0. The standard InChI is InChI=1S/C21H30O4/c1-12-13(10-18(24)25-5)6-7-14-19(12)15(22)11-16-20(2,3)17(23)8-9-21(14,16)4/h10,12,16-17,23H,6-9,11H2,1-5H3/b13-10+/t12-,16-,17-,21+/m0/s1. The molecule has 3 rings (SSSR count). The minimum atomic E-state index is -0.351. The third-order valence-electron chi connectivity index (χ3n) is 7.32. The lowest BCUT2D eigenvalue weighted by Gasteiger charge is -2.57. The molecule has 1 N–H and O–H groups in total. The van der Waals surface area contributed by atoms with Crippen molar-refractivity contribution >= 4 is 11.8 Å². The normalized spacial score (nSPS) is 39.0. The largest absolute Gasteiger partial charge is 0.466 e. The van der Waals surface area contributed by atoms with E-state index >= 15 is 0 Å². The number of hydrogen-bond donors (Lipinski definition) is 1. The van der Waals surface area contributed by atoms with Crippen LogP contribution < -0.4 is 0 Å². The number of ether oxygens (including phenoxy) is 1. The minimum absolute atomic E-state index is 0.0249. The second kappa shape index (κ2) is 6.08. The third-order valence-corrected chi connectivity index (χ3v) is 7.32. The van der Waals surface area contributed by atoms with E-state index in [0.29, 0.717) is 6.42 Å². The monoisotopic (exact) mass is 346 g/mol. The summed E-state index contributed by atoms with van der Waals surface area (Å²) >= 11 is 0. The maximum Gasteiger partial charge on any atom is 0.330 e. The summed E-state index contributed by atoms with van der Waals surface area (Å²) in [6.45, 7) is 8.53. The van der Waals surface area contributed by atoms with Gasteiger partial charge in [-0.1, -0.05) is 38.8 Å². The molecular weight excluding hydrogens is 316 g/mol. The Kier molecular flexibility index (Phi) is 4.47. The van der Waals surface area contributed by atoms with E-state index < -0.39 is 0 Å². The van der Waals surface area contributed by atoms with Crippen LogP contribution in [0.4, 0.5) is 0 Å². The van der Waals surface area contributed by atoms with Crippen molar-refractivity contribution in [2.45, 2.75) is 65.9 Å². The maximum atomic E-state index is 13.0. The molecule has 0 saturated heterocycles. The van der Waals surface area contributed by atoms with E-state index in [1.807, 2.05) is 6.92 Å². The lowest BCUT2D eigenvalue weighted by molar-refractivity contribution is -0.135. The van der Waals surface area contributed by atoms with E-state index in [-0.39, 0.29) is 40.5 Å². The van der Waals surface area contributed by atoms with Gasteiger partial charge in [-0.15, -0.1) is 0 Å². The van der Waals surface area contributed by atoms with Crippen LogP contribution in [0.15, 0.2) is 22.8 Å². The van der Waals surface area contributed by atoms with E-state index in [0.717, 1.165) is 36.8 Å². The highest BCUT2D eigenvalue weighted by molar-refractivity contribution is 5.99. The van der Waals surface area contributed by atoms with Gasteiger partial charge in [0.25, 0.3) is 0 Å². The molecule has 1 fully saturated rings. The highest BCUT2D eigenvalue weighted by Crippen LogP contribution is 2.61. The predicted octanol–water partition coefficient (Wildman–Crippen LogP) is 3.59. The van der Waals surface area contributed by atoms with Gasteiger partial charge in [-0.2, -0.15) is 0 Å². The Balaban J connectivity index is 2.06. The van der Waals surface area contributed by atoms with Crippen molar-refractivity contribution in [3.8, 4) is 0 Å². The van der Waals surface area contributed by atoms with E-state index in [1.165, 1.54) is 12.7 Å². The van der Waals surface area contributed by atoms with E-state index in [2.05, 4.69) is 20.8 Å². The molecule has 3 aliphatic rings. The number of ketones is 1. The molecule has 0 unspecified atom stereocenters. The smallest absolute Gasteiger partial charge is 0.330 e. The predicted molar refractivity (Wildman–Crippen MR) is 95.8 cm³/mol. The summed E-state index contributed by atoms with van der Waals surface area (Å²) in [6.07, 6.45) is 5.04. The molecule has 0 aromatic rings. The van der Waals surface area contributed by atoms with E-state index in [4.69, 9.17) is 4.74 Å². The Bertz CT molecular complexity index is 669. The number of aliphatic hydroxyl groups is 1. The molecule has 25 heavy (non-hydrogen) atoms. The van der Waals surface area contributed by atoms with Gasteiger partial charge >= 0.3 is 5.97 Å². The zero-order chi connectivity index (χ0) is 18.6. The molecule has 0 aromatic heterocycles. The topological polar surface area (TPSA) is 63.6 Å². The molecule has 138 valence electrons. The van der Waals surface area contributed by atoms with Crippen molar-refractivity contribution in [3.63, 3.8) is 0 Å². The molecule has 4 nitrogen and oxygen atoms in total. The summed E-state index contributed by atoms with van der Waals surface area (Å²) < 4.78 is 4.76. The van der Waals surface area contributed by atoms with Crippen LogP contribution >= 0.6 is 0 Å². The first-order valence-electron chi connectivity index (χ1n) is 9.36. The number of Topliss-reactive ketones (excluding diaryl/α,β-unsaturated/α-hetero) is 1. The zero-order valence-corrected chi connectivity index (χ0v) is 16.0. The van der Waals surface area contributed by atoms with Gasteiger partial charge in [-0.05, 0) is 42.4 Å². The Hall–Kier alpha value is -1.42. The highest BCUT2D eigenvalue weighted by atomic mass is 16.5. The molecule has 4 heteroatoms. The SMILES string of the molecule is COC(=O)/C=C1\CCC2=C(C(=O)C[C@H]3C(C)(C)[C@@H](O)CC[C@]23C)[C@H]1C. The van der Waals surface area contributed by atoms with Crippen LogP contribution in [-0.4, -0.2) is 30.1 Å². The van der Waals surface area contributed by atoms with Crippen molar-refractivity contribution in [1.29, 1.82) is 0 Å². The van der Waals surface area contributed by atoms with Crippen LogP contribution in [-0.2, 0) is 14.3 Å². The Morgan fingerprint density at radius 2 is 1.96 bits per heavy atom. The fraction of sp³-hybridized carbons (Fsp3) is 0.714. The molecule has 0 aromatic carbocycles. The minimum Gasteiger partial charge on any atom is -0.466 e. The second-order valence-corrected chi connectivity index (χ2v) is 8.83. The highest BCUT2D eigenvalue weighted by Gasteiger charge is 2.56. The van der Waals surface area contributed by atoms with Gasteiger partial charge in [0.1, 0.15) is 0 Å². The van der Waals surface area contributed by atoms with Crippen molar-refractivity contribution < 1.29 is 19.4 Å². The van der Waals surface area contributed by atoms with Crippen LogP contribution in [0, 0.1) is 22.7 Å². The van der Waals surface area contributed by atoms with Gasteiger partial charge in [0.2, 0.25) is 0 Å². The molecule has 3 aliphatic carbocycles. The summed E-state index contributed by atoms with van der Waals surface area (Å²) in [7, 11) is 1.38. The number of carbonyl (C=O) groups is 2. The Morgan fingerprint density at radius 1 is 1.28 bits per heavy atom. The molecule has 4 atom stereocenters. The summed E-state index contributed by atoms with van der Waals surface area (Å²) in [5.74, 6) is -0.000733. The summed E-state index contributed by atoms with van der Waals surface area (Å²) in [6, 6.07) is 0. The number of allylic oxidation sites excluding steroid dienone is 3. The van der Waals surface area contributed by atoms with Crippen LogP contribution in [0.3, 0.4) is 0 Å². The number of carbonyl (C=O) groups excluding carboxylic acids is 2. The maximum absolute atomic E-state index is 13.0. The average molecular weight is 346 g/mol. The van der Waals surface area contributed by atoms with Gasteiger partial charge in [0.05, 0.1) is 13.2 Å². The summed E-state index contributed by atoms with van der Waals surface area (Å²) in [5.41, 5.74) is 2.91. The van der Waals surface area contributed by atoms with Crippen molar-refractivity contribution in [3.05, 3.63) is 22.8 Å². The molecule has 0 radical (unpaired) electrons. The average Bonchev–Trinajstić information content (AvgIpc) is 2.56. The Labute approximate surface area is 150 Å². The van der Waals surface area contributed by atoms with E-state index in [9.17, 15) is 14.7 Å². The first kappa shape index (κ1) is 18.4. The molecule has 0 heterocycles. The lowest BCUT2D eigenvalue weighted by atomic mass is 9.47. The van der Waals surface area contributed by atoms with Gasteiger partial charge in [0, 0.05) is 24.0 Å². The number of fused-ring (bicyclic) bond motifs is 2. The van der Waals surface area contributed by atoms with Crippen molar-refractivity contribution in [1.82, 2.24) is 0 Å². The fourth-order valence-corrected chi connectivity index (χ4v) is 5.66. The van der Waals surface area contributed by atoms with E-state index in [1.54, 1.807) is 6.08 Å². The van der Waals surface area contributed by atoms with Gasteiger partial charge in [-0.3, -0.25) is 4.79 Å². The van der Waals surface area contributed by atoms with Gasteiger partial charge in [-0.25, -0.2) is 4.79 Å².